The fraction of sp³-hybridized carbons (Fsp3) is 0.793. The Morgan fingerprint density at radius 3 is 2.27 bits per heavy atom. The molecule has 5 amide bonds. The van der Waals surface area contributed by atoms with E-state index in [9.17, 15) is 24.0 Å². The van der Waals surface area contributed by atoms with Crippen LogP contribution in [0.25, 0.3) is 0 Å². The summed E-state index contributed by atoms with van der Waals surface area (Å²) in [7, 11) is 0. The first-order chi connectivity index (χ1) is 19.1. The van der Waals surface area contributed by atoms with Gasteiger partial charge >= 0.3 is 0 Å². The van der Waals surface area contributed by atoms with Crippen LogP contribution in [0.4, 0.5) is 0 Å². The molecule has 2 aliphatic heterocycles. The second kappa shape index (κ2) is 11.5. The van der Waals surface area contributed by atoms with Crippen LogP contribution in [0.5, 0.6) is 0 Å². The predicted molar refractivity (Wildman–Crippen MR) is 147 cm³/mol. The molecule has 4 aliphatic carbocycles. The average Bonchev–Trinajstić information content (AvgIpc) is 3.61. The molecule has 2 saturated heterocycles. The molecule has 40 heavy (non-hydrogen) atoms. The van der Waals surface area contributed by atoms with Gasteiger partial charge in [0.15, 0.2) is 0 Å². The maximum atomic E-state index is 14.0. The lowest BCUT2D eigenvalue weighted by Gasteiger charge is -2.60. The highest BCUT2D eigenvalue weighted by atomic mass is 16.2. The van der Waals surface area contributed by atoms with Crippen molar-refractivity contribution in [3.05, 3.63) is 0 Å². The quantitative estimate of drug-likeness (QED) is 0.240. The summed E-state index contributed by atoms with van der Waals surface area (Å²) in [6, 6.07) is -2.52. The summed E-state index contributed by atoms with van der Waals surface area (Å²) >= 11 is 0. The van der Waals surface area contributed by atoms with E-state index in [1.807, 2.05) is 0 Å². The van der Waals surface area contributed by atoms with Crippen molar-refractivity contribution in [1.82, 2.24) is 26.2 Å². The fourth-order valence-corrected chi connectivity index (χ4v) is 7.37. The molecule has 0 aromatic carbocycles. The monoisotopic (exact) mass is 556 g/mol. The van der Waals surface area contributed by atoms with Crippen molar-refractivity contribution in [1.29, 1.82) is 5.41 Å². The van der Waals surface area contributed by atoms with E-state index in [0.717, 1.165) is 44.9 Å². The second-order valence-electron chi connectivity index (χ2n) is 13.1. The Bertz CT molecular complexity index is 1050. The van der Waals surface area contributed by atoms with Gasteiger partial charge in [-0.25, -0.2) is 0 Å². The third-order valence-electron chi connectivity index (χ3n) is 9.79. The minimum Gasteiger partial charge on any atom is -0.356 e. The highest BCUT2D eigenvalue weighted by Gasteiger charge is 2.62. The molecule has 6 rings (SSSR count). The molecule has 0 aromatic heterocycles. The van der Waals surface area contributed by atoms with Crippen LogP contribution in [0, 0.1) is 28.6 Å². The van der Waals surface area contributed by atoms with Gasteiger partial charge in [-0.3, -0.25) is 29.4 Å². The average molecular weight is 557 g/mol. The molecule has 0 radical (unpaired) electrons. The lowest BCUT2D eigenvalue weighted by Crippen LogP contribution is -2.64. The lowest BCUT2D eigenvalue weighted by molar-refractivity contribution is -0.167. The number of nitrogens with zero attached hydrogens (tertiary/aromatic N) is 1. The molecule has 2 bridgehead atoms. The molecule has 4 saturated carbocycles. The topological polar surface area (TPSA) is 161 Å². The molecule has 5 N–H and O–H groups in total. The van der Waals surface area contributed by atoms with Crippen molar-refractivity contribution < 1.29 is 24.0 Å². The molecule has 4 atom stereocenters. The van der Waals surface area contributed by atoms with Gasteiger partial charge in [0.2, 0.25) is 23.6 Å². The van der Waals surface area contributed by atoms with Gasteiger partial charge in [0.1, 0.15) is 17.8 Å². The van der Waals surface area contributed by atoms with E-state index in [0.29, 0.717) is 38.3 Å². The van der Waals surface area contributed by atoms with Crippen LogP contribution in [0.1, 0.15) is 84.5 Å². The number of rotatable bonds is 11. The van der Waals surface area contributed by atoms with Crippen molar-refractivity contribution in [2.24, 2.45) is 23.2 Å². The first kappa shape index (κ1) is 28.5. The highest BCUT2D eigenvalue weighted by molar-refractivity contribution is 6.40. The number of carbonyl (C=O) groups excluding carboxylic acids is 5. The van der Waals surface area contributed by atoms with Crippen molar-refractivity contribution in [2.45, 2.75) is 109 Å². The van der Waals surface area contributed by atoms with Crippen molar-refractivity contribution in [2.75, 3.05) is 13.1 Å². The zero-order valence-electron chi connectivity index (χ0n) is 23.7. The van der Waals surface area contributed by atoms with Gasteiger partial charge in [-0.05, 0) is 83.5 Å². The van der Waals surface area contributed by atoms with E-state index in [-0.39, 0.29) is 47.2 Å². The zero-order valence-corrected chi connectivity index (χ0v) is 23.7. The molecule has 11 heteroatoms. The Morgan fingerprint density at radius 2 is 1.70 bits per heavy atom. The first-order valence-electron chi connectivity index (χ1n) is 15.2. The second-order valence-corrected chi connectivity index (χ2v) is 13.1. The summed E-state index contributed by atoms with van der Waals surface area (Å²) in [4.78, 5) is 67.3. The summed E-state index contributed by atoms with van der Waals surface area (Å²) in [6.07, 6.45) is 8.39. The molecule has 0 unspecified atom stereocenters. The predicted octanol–water partition coefficient (Wildman–Crippen LogP) is 1.01. The Morgan fingerprint density at radius 1 is 1.00 bits per heavy atom. The third-order valence-corrected chi connectivity index (χ3v) is 9.79. The molecule has 2 heterocycles. The minimum atomic E-state index is -0.952. The zero-order chi connectivity index (χ0) is 28.6. The molecule has 6 fully saturated rings. The Balaban J connectivity index is 1.29. The molecular weight excluding hydrogens is 512 g/mol. The number of nitrogens with one attached hydrogen (secondary N) is 5. The minimum absolute atomic E-state index is 0.0139. The largest absolute Gasteiger partial charge is 0.356 e. The van der Waals surface area contributed by atoms with Crippen molar-refractivity contribution >= 4 is 35.2 Å². The smallest absolute Gasteiger partial charge is 0.267 e. The highest BCUT2D eigenvalue weighted by Crippen LogP contribution is 2.64. The van der Waals surface area contributed by atoms with Crippen LogP contribution < -0.4 is 21.3 Å². The van der Waals surface area contributed by atoms with Gasteiger partial charge < -0.3 is 26.2 Å². The van der Waals surface area contributed by atoms with Crippen molar-refractivity contribution in [3.63, 3.8) is 0 Å². The van der Waals surface area contributed by atoms with E-state index in [1.165, 1.54) is 0 Å². The number of likely N-dealkylation sites (tertiary alicyclic amines) is 1. The van der Waals surface area contributed by atoms with Gasteiger partial charge in [0, 0.05) is 30.5 Å². The van der Waals surface area contributed by atoms with E-state index in [4.69, 9.17) is 5.41 Å². The van der Waals surface area contributed by atoms with Crippen LogP contribution in [0.15, 0.2) is 0 Å². The maximum Gasteiger partial charge on any atom is 0.267 e. The van der Waals surface area contributed by atoms with Gasteiger partial charge in [0.25, 0.3) is 5.91 Å². The first-order valence-corrected chi connectivity index (χ1v) is 15.2. The summed E-state index contributed by atoms with van der Waals surface area (Å²) < 4.78 is 0. The van der Waals surface area contributed by atoms with Crippen LogP contribution >= 0.6 is 0 Å². The lowest BCUT2D eigenvalue weighted by atomic mass is 9.44. The number of amides is 5. The maximum absolute atomic E-state index is 14.0. The van der Waals surface area contributed by atoms with E-state index >= 15 is 0 Å². The van der Waals surface area contributed by atoms with Crippen LogP contribution in [0.2, 0.25) is 0 Å². The SMILES string of the molecule is CC(C)NC(=O)C(=N)[C@H](C[C@@H]1CCNC1=O)NC(=O)[C@@H]1CCCN1C(=O)[C@@H](NC(=O)C12CC(C1)C2)C1CCCC1. The summed E-state index contributed by atoms with van der Waals surface area (Å²) in [5, 5.41) is 20.0. The molecule has 6 aliphatic rings. The van der Waals surface area contributed by atoms with Gasteiger partial charge in [-0.1, -0.05) is 12.8 Å². The summed E-state index contributed by atoms with van der Waals surface area (Å²) in [5.41, 5.74) is -0.590. The Kier molecular flexibility index (Phi) is 8.20. The van der Waals surface area contributed by atoms with Crippen LogP contribution in [-0.4, -0.2) is 77.4 Å². The van der Waals surface area contributed by atoms with E-state index in [2.05, 4.69) is 21.3 Å². The van der Waals surface area contributed by atoms with Gasteiger partial charge in [0.05, 0.1) is 6.04 Å². The normalized spacial score (nSPS) is 30.6. The van der Waals surface area contributed by atoms with E-state index < -0.39 is 35.9 Å². The molecule has 0 spiro atoms. The Hall–Kier alpha value is -2.98. The van der Waals surface area contributed by atoms with Crippen LogP contribution in [0.3, 0.4) is 0 Å². The van der Waals surface area contributed by atoms with Gasteiger partial charge in [-0.2, -0.15) is 0 Å². The van der Waals surface area contributed by atoms with Crippen LogP contribution in [-0.2, 0) is 24.0 Å². The molecule has 0 aromatic rings. The van der Waals surface area contributed by atoms with E-state index in [1.54, 1.807) is 18.7 Å². The number of hydrogen-bond acceptors (Lipinski definition) is 6. The summed E-state index contributed by atoms with van der Waals surface area (Å²) in [6.45, 7) is 4.53. The van der Waals surface area contributed by atoms with Crippen molar-refractivity contribution in [3.8, 4) is 0 Å². The fourth-order valence-electron chi connectivity index (χ4n) is 7.37. The number of hydrogen-bond donors (Lipinski definition) is 5. The van der Waals surface area contributed by atoms with Gasteiger partial charge in [-0.15, -0.1) is 0 Å². The molecule has 220 valence electrons. The molecular formula is C29H44N6O5. The third kappa shape index (κ3) is 5.61. The Labute approximate surface area is 235 Å². The number of carbonyl (C=O) groups is 5. The summed E-state index contributed by atoms with van der Waals surface area (Å²) in [5.74, 6) is -1.06. The molecule has 11 nitrogen and oxygen atoms in total. The standard InChI is InChI=1S/C29H44N6O5/c1-16(2)32-26(38)22(30)20(12-19-9-10-31-24(19)36)33-25(37)21-8-5-11-35(21)27(39)23(18-6-3-4-7-18)34-28(40)29-13-17(14-29)15-29/h16-21,23,30H,3-15H2,1-2H3,(H,31,36)(H,32,38)(H,33,37)(H,34,40)/t17?,19-,20-,21-,23-,29?/m0/s1.